The van der Waals surface area contributed by atoms with Crippen LogP contribution in [0.3, 0.4) is 0 Å². The molecule has 0 saturated carbocycles. The second kappa shape index (κ2) is 5.97. The monoisotopic (exact) mass is 176 g/mol. The predicted octanol–water partition coefficient (Wildman–Crippen LogP) is 0.637. The zero-order chi connectivity index (χ0) is 9.56. The van der Waals surface area contributed by atoms with Gasteiger partial charge in [0.1, 0.15) is 0 Å². The molecule has 72 valence electrons. The first-order valence-electron chi connectivity index (χ1n) is 4.03. The minimum absolute atomic E-state index is 0.120. The Morgan fingerprint density at radius 2 is 2.00 bits per heavy atom. The van der Waals surface area contributed by atoms with E-state index in [-0.39, 0.29) is 6.10 Å². The molecule has 0 radical (unpaired) electrons. The zero-order valence-corrected chi connectivity index (χ0v) is 7.49. The van der Waals surface area contributed by atoms with E-state index >= 15 is 0 Å². The summed E-state index contributed by atoms with van der Waals surface area (Å²) in [6.07, 6.45) is 2.19. The van der Waals surface area contributed by atoms with Crippen molar-refractivity contribution in [2.24, 2.45) is 0 Å². The number of aliphatic carboxylic acids is 1. The van der Waals surface area contributed by atoms with Crippen LogP contribution in [0.5, 0.6) is 0 Å². The Labute approximate surface area is 72.2 Å². The first-order chi connectivity index (χ1) is 5.70. The van der Waals surface area contributed by atoms with Gasteiger partial charge in [0, 0.05) is 7.11 Å². The normalized spacial score (nSPS) is 28.6. The Balaban J connectivity index is 0.000000561. The highest BCUT2D eigenvalue weighted by Gasteiger charge is 2.24. The molecule has 0 aromatic rings. The van der Waals surface area contributed by atoms with Gasteiger partial charge in [-0.2, -0.15) is 0 Å². The Kier molecular flexibility index (Phi) is 5.66. The van der Waals surface area contributed by atoms with Crippen molar-refractivity contribution < 1.29 is 19.7 Å². The molecule has 4 heteroatoms. The Hall–Kier alpha value is -0.610. The predicted molar refractivity (Wildman–Crippen MR) is 44.0 cm³/mol. The van der Waals surface area contributed by atoms with Crippen LogP contribution >= 0.6 is 0 Å². The molecule has 1 fully saturated rings. The number of rotatable bonds is 1. The summed E-state index contributed by atoms with van der Waals surface area (Å²) in [7, 11) is 1.00. The van der Waals surface area contributed by atoms with Crippen molar-refractivity contribution in [1.29, 1.82) is 0 Å². The molecule has 2 atom stereocenters. The number of carboxylic acids is 1. The minimum atomic E-state index is -0.827. The first kappa shape index (κ1) is 11.4. The van der Waals surface area contributed by atoms with Gasteiger partial charge in [-0.3, -0.25) is 0 Å². The van der Waals surface area contributed by atoms with Gasteiger partial charge < -0.3 is 14.9 Å². The summed E-state index contributed by atoms with van der Waals surface area (Å²) in [6, 6.07) is 0. The van der Waals surface area contributed by atoms with E-state index in [9.17, 15) is 4.79 Å². The SMILES string of the molecule is CO.C[C@H]1CCC[C@@H](C(=O)O)O1. The van der Waals surface area contributed by atoms with Crippen LogP contribution < -0.4 is 0 Å². The summed E-state index contributed by atoms with van der Waals surface area (Å²) in [4.78, 5) is 10.4. The van der Waals surface area contributed by atoms with Crippen LogP contribution in [0, 0.1) is 0 Å². The molecule has 1 saturated heterocycles. The van der Waals surface area contributed by atoms with Crippen LogP contribution in [0.1, 0.15) is 26.2 Å². The number of ether oxygens (including phenoxy) is 1. The van der Waals surface area contributed by atoms with Gasteiger partial charge in [0.05, 0.1) is 6.10 Å². The molecule has 1 aliphatic heterocycles. The van der Waals surface area contributed by atoms with Crippen LogP contribution in [0.25, 0.3) is 0 Å². The van der Waals surface area contributed by atoms with E-state index in [2.05, 4.69) is 0 Å². The lowest BCUT2D eigenvalue weighted by atomic mass is 10.1. The summed E-state index contributed by atoms with van der Waals surface area (Å²) in [5.41, 5.74) is 0. The molecular formula is C8H16O4. The van der Waals surface area contributed by atoms with Gasteiger partial charge in [-0.05, 0) is 26.2 Å². The standard InChI is InChI=1S/C7H12O3.CH4O/c1-5-3-2-4-6(10-5)7(8)9;1-2/h5-6H,2-4H2,1H3,(H,8,9);2H,1H3/t5-,6-;/m0./s1. The number of aliphatic hydroxyl groups is 1. The Morgan fingerprint density at radius 1 is 1.42 bits per heavy atom. The van der Waals surface area contributed by atoms with Crippen LogP contribution in [0.2, 0.25) is 0 Å². The largest absolute Gasteiger partial charge is 0.479 e. The Morgan fingerprint density at radius 3 is 2.33 bits per heavy atom. The van der Waals surface area contributed by atoms with E-state index in [0.29, 0.717) is 6.42 Å². The van der Waals surface area contributed by atoms with E-state index in [1.165, 1.54) is 0 Å². The smallest absolute Gasteiger partial charge is 0.332 e. The fourth-order valence-corrected chi connectivity index (χ4v) is 1.19. The van der Waals surface area contributed by atoms with E-state index in [4.69, 9.17) is 14.9 Å². The van der Waals surface area contributed by atoms with Crippen molar-refractivity contribution in [2.45, 2.75) is 38.4 Å². The number of hydrogen-bond acceptors (Lipinski definition) is 3. The highest BCUT2D eigenvalue weighted by Crippen LogP contribution is 2.18. The first-order valence-corrected chi connectivity index (χ1v) is 4.03. The van der Waals surface area contributed by atoms with Crippen molar-refractivity contribution in [2.75, 3.05) is 7.11 Å². The number of hydrogen-bond donors (Lipinski definition) is 2. The van der Waals surface area contributed by atoms with E-state index in [0.717, 1.165) is 20.0 Å². The molecule has 0 aromatic carbocycles. The summed E-state index contributed by atoms with van der Waals surface area (Å²) in [5.74, 6) is -0.827. The fourth-order valence-electron chi connectivity index (χ4n) is 1.19. The molecular weight excluding hydrogens is 160 g/mol. The second-order valence-electron chi connectivity index (χ2n) is 2.70. The number of carbonyl (C=O) groups is 1. The molecule has 12 heavy (non-hydrogen) atoms. The lowest BCUT2D eigenvalue weighted by Crippen LogP contribution is -2.31. The lowest BCUT2D eigenvalue weighted by molar-refractivity contribution is -0.157. The summed E-state index contributed by atoms with van der Waals surface area (Å²) < 4.78 is 5.15. The van der Waals surface area contributed by atoms with E-state index < -0.39 is 12.1 Å². The molecule has 0 bridgehead atoms. The van der Waals surface area contributed by atoms with Gasteiger partial charge in [-0.1, -0.05) is 0 Å². The molecule has 2 N–H and O–H groups in total. The molecule has 4 nitrogen and oxygen atoms in total. The van der Waals surface area contributed by atoms with Crippen LogP contribution in [-0.2, 0) is 9.53 Å². The molecule has 0 amide bonds. The summed E-state index contributed by atoms with van der Waals surface area (Å²) >= 11 is 0. The number of carboxylic acid groups (broad SMARTS) is 1. The minimum Gasteiger partial charge on any atom is -0.479 e. The van der Waals surface area contributed by atoms with Crippen molar-refractivity contribution in [3.8, 4) is 0 Å². The summed E-state index contributed by atoms with van der Waals surface area (Å²) in [6.45, 7) is 1.91. The third-order valence-electron chi connectivity index (χ3n) is 1.75. The Bertz CT molecular complexity index is 135. The molecule has 0 aliphatic carbocycles. The van der Waals surface area contributed by atoms with Gasteiger partial charge in [0.2, 0.25) is 0 Å². The average Bonchev–Trinajstić information content (AvgIpc) is 2.08. The topological polar surface area (TPSA) is 66.8 Å². The molecule has 1 rings (SSSR count). The fraction of sp³-hybridized carbons (Fsp3) is 0.875. The highest BCUT2D eigenvalue weighted by atomic mass is 16.5. The van der Waals surface area contributed by atoms with Gasteiger partial charge in [-0.25, -0.2) is 4.79 Å². The van der Waals surface area contributed by atoms with Crippen molar-refractivity contribution >= 4 is 5.97 Å². The van der Waals surface area contributed by atoms with Crippen LogP contribution in [-0.4, -0.2) is 35.5 Å². The molecule has 0 aromatic heterocycles. The second-order valence-corrected chi connectivity index (χ2v) is 2.70. The number of aliphatic hydroxyl groups excluding tert-OH is 1. The maximum atomic E-state index is 10.4. The van der Waals surface area contributed by atoms with Crippen molar-refractivity contribution in [1.82, 2.24) is 0 Å². The summed E-state index contributed by atoms with van der Waals surface area (Å²) in [5, 5.41) is 15.5. The van der Waals surface area contributed by atoms with Gasteiger partial charge in [0.15, 0.2) is 6.10 Å². The zero-order valence-electron chi connectivity index (χ0n) is 7.49. The van der Waals surface area contributed by atoms with Gasteiger partial charge in [0.25, 0.3) is 0 Å². The van der Waals surface area contributed by atoms with E-state index in [1.54, 1.807) is 0 Å². The lowest BCUT2D eigenvalue weighted by Gasteiger charge is -2.24. The van der Waals surface area contributed by atoms with Gasteiger partial charge in [-0.15, -0.1) is 0 Å². The third-order valence-corrected chi connectivity index (χ3v) is 1.75. The van der Waals surface area contributed by atoms with Crippen LogP contribution in [0.4, 0.5) is 0 Å². The maximum absolute atomic E-state index is 10.4. The van der Waals surface area contributed by atoms with E-state index in [1.807, 2.05) is 6.92 Å². The van der Waals surface area contributed by atoms with Crippen molar-refractivity contribution in [3.05, 3.63) is 0 Å². The highest BCUT2D eigenvalue weighted by molar-refractivity contribution is 5.72. The molecule has 0 spiro atoms. The quantitative estimate of drug-likeness (QED) is 0.615. The molecule has 0 unspecified atom stereocenters. The maximum Gasteiger partial charge on any atom is 0.332 e. The third kappa shape index (κ3) is 3.69. The van der Waals surface area contributed by atoms with Gasteiger partial charge >= 0.3 is 5.97 Å². The van der Waals surface area contributed by atoms with Crippen LogP contribution in [0.15, 0.2) is 0 Å². The molecule has 1 aliphatic rings. The van der Waals surface area contributed by atoms with Crippen molar-refractivity contribution in [3.63, 3.8) is 0 Å². The average molecular weight is 176 g/mol. The molecule has 1 heterocycles.